The van der Waals surface area contributed by atoms with E-state index in [1.807, 2.05) is 19.1 Å². The van der Waals surface area contributed by atoms with Crippen LogP contribution >= 0.6 is 15.9 Å². The minimum atomic E-state index is -0.843. The third-order valence-electron chi connectivity index (χ3n) is 3.33. The third-order valence-corrected chi connectivity index (χ3v) is 4.39. The Morgan fingerprint density at radius 2 is 2.11 bits per heavy atom. The predicted octanol–water partition coefficient (Wildman–Crippen LogP) is 2.74. The van der Waals surface area contributed by atoms with Gasteiger partial charge in [-0.05, 0) is 47.3 Å². The van der Waals surface area contributed by atoms with Crippen molar-refractivity contribution in [3.63, 3.8) is 0 Å². The number of carbonyl (C=O) groups is 2. The lowest BCUT2D eigenvalue weighted by Gasteiger charge is -2.13. The number of amides is 2. The van der Waals surface area contributed by atoms with Gasteiger partial charge in [0.15, 0.2) is 0 Å². The molecule has 0 aromatic heterocycles. The van der Waals surface area contributed by atoms with Gasteiger partial charge in [0.2, 0.25) is 0 Å². The van der Waals surface area contributed by atoms with E-state index in [-0.39, 0.29) is 12.6 Å². The normalized spacial score (nSPS) is 15.7. The van der Waals surface area contributed by atoms with Crippen LogP contribution in [0.15, 0.2) is 22.7 Å². The second kappa shape index (κ2) is 5.21. The third kappa shape index (κ3) is 3.07. The summed E-state index contributed by atoms with van der Waals surface area (Å²) < 4.78 is 0.824. The van der Waals surface area contributed by atoms with Crippen LogP contribution in [0.5, 0.6) is 0 Å². The highest BCUT2D eigenvalue weighted by molar-refractivity contribution is 9.10. The van der Waals surface area contributed by atoms with Crippen molar-refractivity contribution >= 4 is 33.6 Å². The molecule has 19 heavy (non-hydrogen) atoms. The molecule has 2 rings (SSSR count). The van der Waals surface area contributed by atoms with Gasteiger partial charge in [0.25, 0.3) is 0 Å². The Morgan fingerprint density at radius 1 is 1.42 bits per heavy atom. The predicted molar refractivity (Wildman–Crippen MR) is 75.2 cm³/mol. The highest BCUT2D eigenvalue weighted by Crippen LogP contribution is 2.45. The summed E-state index contributed by atoms with van der Waals surface area (Å²) in [5.74, 6) is -0.843. The molecule has 1 aromatic carbocycles. The number of nitrogens with one attached hydrogen (secondary N) is 2. The summed E-state index contributed by atoms with van der Waals surface area (Å²) in [5.41, 5.74) is 0.931. The van der Waals surface area contributed by atoms with E-state index in [4.69, 9.17) is 5.11 Å². The first kappa shape index (κ1) is 13.9. The van der Waals surface area contributed by atoms with Gasteiger partial charge in [0.05, 0.1) is 11.1 Å². The Bertz CT molecular complexity index is 527. The number of aryl methyl sites for hydroxylation is 1. The molecule has 0 unspecified atom stereocenters. The molecule has 1 aliphatic rings. The zero-order valence-corrected chi connectivity index (χ0v) is 12.1. The van der Waals surface area contributed by atoms with Gasteiger partial charge in [0.1, 0.15) is 0 Å². The summed E-state index contributed by atoms with van der Waals surface area (Å²) >= 11 is 3.40. The summed E-state index contributed by atoms with van der Waals surface area (Å²) in [5, 5.41) is 14.3. The number of aliphatic carboxylic acids is 1. The molecule has 5 nitrogen and oxygen atoms in total. The summed E-state index contributed by atoms with van der Waals surface area (Å²) in [4.78, 5) is 22.7. The Labute approximate surface area is 119 Å². The van der Waals surface area contributed by atoms with Crippen LogP contribution in [-0.4, -0.2) is 23.7 Å². The van der Waals surface area contributed by atoms with Crippen LogP contribution in [0.3, 0.4) is 0 Å². The van der Waals surface area contributed by atoms with Gasteiger partial charge in [-0.15, -0.1) is 0 Å². The highest BCUT2D eigenvalue weighted by atomic mass is 79.9. The second-order valence-corrected chi connectivity index (χ2v) is 5.62. The molecule has 0 radical (unpaired) electrons. The number of urea groups is 1. The Kier molecular flexibility index (Phi) is 3.80. The zero-order chi connectivity index (χ0) is 14.0. The van der Waals surface area contributed by atoms with Gasteiger partial charge in [-0.3, -0.25) is 4.79 Å². The van der Waals surface area contributed by atoms with Gasteiger partial charge < -0.3 is 15.7 Å². The Balaban J connectivity index is 1.91. The quantitative estimate of drug-likeness (QED) is 0.796. The Hall–Kier alpha value is -1.56. The van der Waals surface area contributed by atoms with Crippen molar-refractivity contribution in [2.75, 3.05) is 11.9 Å². The number of carboxylic acids is 1. The largest absolute Gasteiger partial charge is 0.481 e. The Morgan fingerprint density at radius 3 is 2.68 bits per heavy atom. The lowest BCUT2D eigenvalue weighted by Crippen LogP contribution is -2.36. The number of hydrogen-bond donors (Lipinski definition) is 3. The minimum absolute atomic E-state index is 0.164. The van der Waals surface area contributed by atoms with Crippen LogP contribution in [-0.2, 0) is 4.79 Å². The van der Waals surface area contributed by atoms with E-state index in [0.717, 1.165) is 10.0 Å². The van der Waals surface area contributed by atoms with Crippen LogP contribution in [0.4, 0.5) is 10.5 Å². The smallest absolute Gasteiger partial charge is 0.319 e. The number of hydrogen-bond acceptors (Lipinski definition) is 2. The first-order chi connectivity index (χ1) is 8.94. The van der Waals surface area contributed by atoms with Crippen molar-refractivity contribution < 1.29 is 14.7 Å². The topological polar surface area (TPSA) is 78.4 Å². The molecular formula is C13H15BrN2O3. The van der Waals surface area contributed by atoms with Gasteiger partial charge in [-0.1, -0.05) is 12.1 Å². The molecule has 1 saturated carbocycles. The van der Waals surface area contributed by atoms with Gasteiger partial charge >= 0.3 is 12.0 Å². The number of halogens is 1. The number of rotatable bonds is 4. The minimum Gasteiger partial charge on any atom is -0.481 e. The van der Waals surface area contributed by atoms with Crippen molar-refractivity contribution in [1.29, 1.82) is 0 Å². The van der Waals surface area contributed by atoms with Crippen LogP contribution in [0, 0.1) is 12.3 Å². The van der Waals surface area contributed by atoms with E-state index in [2.05, 4.69) is 26.6 Å². The van der Waals surface area contributed by atoms with E-state index < -0.39 is 11.4 Å². The lowest BCUT2D eigenvalue weighted by atomic mass is 10.1. The average molecular weight is 327 g/mol. The first-order valence-electron chi connectivity index (χ1n) is 5.98. The molecular weight excluding hydrogens is 312 g/mol. The second-order valence-electron chi connectivity index (χ2n) is 4.83. The van der Waals surface area contributed by atoms with E-state index in [1.54, 1.807) is 6.07 Å². The summed E-state index contributed by atoms with van der Waals surface area (Å²) in [6, 6.07) is 5.16. The fourth-order valence-corrected chi connectivity index (χ4v) is 2.14. The number of benzene rings is 1. The van der Waals surface area contributed by atoms with Crippen molar-refractivity contribution in [3.05, 3.63) is 28.2 Å². The van der Waals surface area contributed by atoms with Crippen LogP contribution in [0.25, 0.3) is 0 Å². The van der Waals surface area contributed by atoms with E-state index in [1.165, 1.54) is 0 Å². The summed E-state index contributed by atoms with van der Waals surface area (Å²) in [6.45, 7) is 2.09. The van der Waals surface area contributed by atoms with Crippen molar-refractivity contribution in [1.82, 2.24) is 5.32 Å². The number of carboxylic acid groups (broad SMARTS) is 1. The summed E-state index contributed by atoms with van der Waals surface area (Å²) in [7, 11) is 0. The molecule has 0 aliphatic heterocycles. The molecule has 0 atom stereocenters. The van der Waals surface area contributed by atoms with Crippen molar-refractivity contribution in [2.24, 2.45) is 5.41 Å². The highest BCUT2D eigenvalue weighted by Gasteiger charge is 2.50. The fourth-order valence-electron chi connectivity index (χ4n) is 1.78. The van der Waals surface area contributed by atoms with E-state index >= 15 is 0 Å². The maximum Gasteiger partial charge on any atom is 0.319 e. The fraction of sp³-hybridized carbons (Fsp3) is 0.385. The maximum atomic E-state index is 11.7. The average Bonchev–Trinajstić information content (AvgIpc) is 3.14. The first-order valence-corrected chi connectivity index (χ1v) is 6.77. The SMILES string of the molecule is Cc1cccc(NC(=O)NCC2(C(=O)O)CC2)c1Br. The molecule has 102 valence electrons. The molecule has 2 amide bonds. The van der Waals surface area contributed by atoms with Gasteiger partial charge in [0, 0.05) is 11.0 Å². The molecule has 6 heteroatoms. The van der Waals surface area contributed by atoms with Crippen LogP contribution in [0.2, 0.25) is 0 Å². The molecule has 0 saturated heterocycles. The maximum absolute atomic E-state index is 11.7. The molecule has 0 heterocycles. The zero-order valence-electron chi connectivity index (χ0n) is 10.5. The van der Waals surface area contributed by atoms with Crippen LogP contribution in [0.1, 0.15) is 18.4 Å². The lowest BCUT2D eigenvalue weighted by molar-refractivity contribution is -0.143. The molecule has 3 N–H and O–H groups in total. The van der Waals surface area contributed by atoms with E-state index in [9.17, 15) is 9.59 Å². The number of carbonyl (C=O) groups excluding carboxylic acids is 1. The molecule has 0 spiro atoms. The van der Waals surface area contributed by atoms with Gasteiger partial charge in [-0.25, -0.2) is 4.79 Å². The molecule has 1 aliphatic carbocycles. The molecule has 1 aromatic rings. The summed E-state index contributed by atoms with van der Waals surface area (Å²) in [6.07, 6.45) is 1.24. The monoisotopic (exact) mass is 326 g/mol. The molecule has 0 bridgehead atoms. The van der Waals surface area contributed by atoms with Gasteiger partial charge in [-0.2, -0.15) is 0 Å². The van der Waals surface area contributed by atoms with Crippen LogP contribution < -0.4 is 10.6 Å². The number of anilines is 1. The standard InChI is InChI=1S/C13H15BrN2O3/c1-8-3-2-4-9(10(8)14)16-12(19)15-7-13(5-6-13)11(17)18/h2-4H,5-7H2,1H3,(H,17,18)(H2,15,16,19). The van der Waals surface area contributed by atoms with Crippen molar-refractivity contribution in [2.45, 2.75) is 19.8 Å². The van der Waals surface area contributed by atoms with Crippen molar-refractivity contribution in [3.8, 4) is 0 Å². The molecule has 1 fully saturated rings. The van der Waals surface area contributed by atoms with E-state index in [0.29, 0.717) is 18.5 Å².